The van der Waals surface area contributed by atoms with Gasteiger partial charge in [-0.2, -0.15) is 0 Å². The van der Waals surface area contributed by atoms with Crippen LogP contribution in [-0.4, -0.2) is 29.3 Å². The molecule has 0 radical (unpaired) electrons. The molecule has 0 spiro atoms. The summed E-state index contributed by atoms with van der Waals surface area (Å²) >= 11 is 0. The Hall–Kier alpha value is -2.37. The standard InChI is InChI=1S/C15H16FNO4/c1-4-20-14(18)13-7-10-5-6-11(16)8-12(10)17(13)15(19)21-9(2)3/h5-9H,4H2,1-3H3. The molecule has 1 aromatic carbocycles. The van der Waals surface area contributed by atoms with Gasteiger partial charge in [0.25, 0.3) is 0 Å². The Morgan fingerprint density at radius 3 is 2.62 bits per heavy atom. The van der Waals surface area contributed by atoms with Crippen LogP contribution in [0.25, 0.3) is 10.9 Å². The lowest BCUT2D eigenvalue weighted by molar-refractivity contribution is 0.0508. The van der Waals surface area contributed by atoms with Gasteiger partial charge in [-0.15, -0.1) is 0 Å². The summed E-state index contributed by atoms with van der Waals surface area (Å²) < 4.78 is 24.5. The Kier molecular flexibility index (Phi) is 4.26. The molecule has 0 fully saturated rings. The predicted molar refractivity (Wildman–Crippen MR) is 74.9 cm³/mol. The van der Waals surface area contributed by atoms with Gasteiger partial charge >= 0.3 is 12.1 Å². The first-order chi connectivity index (χ1) is 9.93. The van der Waals surface area contributed by atoms with Crippen molar-refractivity contribution in [1.29, 1.82) is 0 Å². The van der Waals surface area contributed by atoms with Crippen molar-refractivity contribution >= 4 is 23.0 Å². The molecule has 0 atom stereocenters. The minimum absolute atomic E-state index is 0.0168. The first-order valence-electron chi connectivity index (χ1n) is 6.63. The summed E-state index contributed by atoms with van der Waals surface area (Å²) in [6, 6.07) is 5.41. The maximum absolute atomic E-state index is 13.4. The van der Waals surface area contributed by atoms with Gasteiger partial charge in [-0.05, 0) is 45.0 Å². The third kappa shape index (κ3) is 3.04. The number of carbonyl (C=O) groups is 2. The van der Waals surface area contributed by atoms with Crippen molar-refractivity contribution in [2.75, 3.05) is 6.61 Å². The van der Waals surface area contributed by atoms with Crippen molar-refractivity contribution < 1.29 is 23.5 Å². The number of hydrogen-bond donors (Lipinski definition) is 0. The van der Waals surface area contributed by atoms with Gasteiger partial charge < -0.3 is 9.47 Å². The summed E-state index contributed by atoms with van der Waals surface area (Å²) in [5.74, 6) is -1.16. The minimum Gasteiger partial charge on any atom is -0.461 e. The smallest absolute Gasteiger partial charge is 0.419 e. The normalized spacial score (nSPS) is 10.9. The summed E-state index contributed by atoms with van der Waals surface area (Å²) in [6.07, 6.45) is -1.10. The number of nitrogens with zero attached hydrogens (tertiary/aromatic N) is 1. The molecule has 2 aromatic rings. The number of rotatable bonds is 3. The minimum atomic E-state index is -0.742. The lowest BCUT2D eigenvalue weighted by Gasteiger charge is -2.11. The van der Waals surface area contributed by atoms with Crippen LogP contribution in [0.5, 0.6) is 0 Å². The molecule has 5 nitrogen and oxygen atoms in total. The summed E-state index contributed by atoms with van der Waals surface area (Å²) in [5, 5.41) is 0.556. The van der Waals surface area contributed by atoms with E-state index in [9.17, 15) is 14.0 Å². The fourth-order valence-corrected chi connectivity index (χ4v) is 1.98. The maximum atomic E-state index is 13.4. The van der Waals surface area contributed by atoms with Crippen molar-refractivity contribution in [2.45, 2.75) is 26.9 Å². The molecule has 112 valence electrons. The van der Waals surface area contributed by atoms with E-state index in [2.05, 4.69) is 0 Å². The van der Waals surface area contributed by atoms with Crippen LogP contribution in [0.2, 0.25) is 0 Å². The van der Waals surface area contributed by atoms with E-state index in [-0.39, 0.29) is 23.9 Å². The Morgan fingerprint density at radius 2 is 2.00 bits per heavy atom. The molecule has 0 aliphatic rings. The fourth-order valence-electron chi connectivity index (χ4n) is 1.98. The molecule has 0 saturated carbocycles. The second-order valence-electron chi connectivity index (χ2n) is 4.72. The summed E-state index contributed by atoms with van der Waals surface area (Å²) in [4.78, 5) is 24.1. The molecule has 0 bridgehead atoms. The molecule has 0 aliphatic heterocycles. The van der Waals surface area contributed by atoms with Crippen LogP contribution < -0.4 is 0 Å². The van der Waals surface area contributed by atoms with Crippen LogP contribution in [0.4, 0.5) is 9.18 Å². The van der Waals surface area contributed by atoms with Gasteiger partial charge in [-0.3, -0.25) is 0 Å². The largest absolute Gasteiger partial charge is 0.461 e. The van der Waals surface area contributed by atoms with Gasteiger partial charge in [0.1, 0.15) is 11.5 Å². The van der Waals surface area contributed by atoms with Crippen molar-refractivity contribution in [3.8, 4) is 0 Å². The van der Waals surface area contributed by atoms with E-state index in [0.717, 1.165) is 4.57 Å². The van der Waals surface area contributed by atoms with Crippen molar-refractivity contribution in [3.63, 3.8) is 0 Å². The van der Waals surface area contributed by atoms with Crippen molar-refractivity contribution in [2.24, 2.45) is 0 Å². The average molecular weight is 293 g/mol. The van der Waals surface area contributed by atoms with Gasteiger partial charge in [-0.1, -0.05) is 0 Å². The van der Waals surface area contributed by atoms with Crippen molar-refractivity contribution in [3.05, 3.63) is 35.8 Å². The number of hydrogen-bond acceptors (Lipinski definition) is 4. The topological polar surface area (TPSA) is 57.5 Å². The SMILES string of the molecule is CCOC(=O)c1cc2ccc(F)cc2n1C(=O)OC(C)C. The number of halogens is 1. The first kappa shape index (κ1) is 15.0. The molecule has 2 rings (SSSR count). The number of carbonyl (C=O) groups excluding carboxylic acids is 2. The summed E-state index contributed by atoms with van der Waals surface area (Å²) in [7, 11) is 0. The van der Waals surface area contributed by atoms with E-state index in [0.29, 0.717) is 5.39 Å². The third-order valence-electron chi connectivity index (χ3n) is 2.77. The Labute approximate surface area is 121 Å². The zero-order chi connectivity index (χ0) is 15.6. The van der Waals surface area contributed by atoms with Crippen LogP contribution in [0.3, 0.4) is 0 Å². The molecular formula is C15H16FNO4. The highest BCUT2D eigenvalue weighted by Crippen LogP contribution is 2.22. The van der Waals surface area contributed by atoms with E-state index in [1.165, 1.54) is 24.3 Å². The zero-order valence-corrected chi connectivity index (χ0v) is 12.1. The van der Waals surface area contributed by atoms with Crippen LogP contribution in [-0.2, 0) is 9.47 Å². The molecule has 6 heteroatoms. The predicted octanol–water partition coefficient (Wildman–Crippen LogP) is 3.35. The molecule has 0 unspecified atom stereocenters. The highest BCUT2D eigenvalue weighted by molar-refractivity contribution is 6.01. The Bertz CT molecular complexity index is 690. The summed E-state index contributed by atoms with van der Waals surface area (Å²) in [6.45, 7) is 5.22. The van der Waals surface area contributed by atoms with Gasteiger partial charge in [0.05, 0.1) is 18.2 Å². The maximum Gasteiger partial charge on any atom is 0.419 e. The average Bonchev–Trinajstić information content (AvgIpc) is 2.76. The van der Waals surface area contributed by atoms with Gasteiger partial charge in [0.2, 0.25) is 0 Å². The molecule has 1 aromatic heterocycles. The molecule has 0 N–H and O–H groups in total. The molecule has 0 saturated heterocycles. The fraction of sp³-hybridized carbons (Fsp3) is 0.333. The molecule has 0 aliphatic carbocycles. The van der Waals surface area contributed by atoms with E-state index in [1.54, 1.807) is 20.8 Å². The number of fused-ring (bicyclic) bond motifs is 1. The Morgan fingerprint density at radius 1 is 1.29 bits per heavy atom. The van der Waals surface area contributed by atoms with Crippen LogP contribution >= 0.6 is 0 Å². The second kappa shape index (κ2) is 5.95. The number of ether oxygens (including phenoxy) is 2. The van der Waals surface area contributed by atoms with Crippen LogP contribution in [0.15, 0.2) is 24.3 Å². The van der Waals surface area contributed by atoms with Gasteiger partial charge in [-0.25, -0.2) is 18.5 Å². The number of aromatic nitrogens is 1. The quantitative estimate of drug-likeness (QED) is 0.814. The molecule has 21 heavy (non-hydrogen) atoms. The lowest BCUT2D eigenvalue weighted by atomic mass is 10.2. The molecule has 1 heterocycles. The van der Waals surface area contributed by atoms with Crippen LogP contribution in [0.1, 0.15) is 31.3 Å². The van der Waals surface area contributed by atoms with Gasteiger partial charge in [0, 0.05) is 5.39 Å². The number of benzene rings is 1. The summed E-state index contributed by atoms with van der Waals surface area (Å²) in [5.41, 5.74) is 0.284. The van der Waals surface area contributed by atoms with E-state index < -0.39 is 17.9 Å². The zero-order valence-electron chi connectivity index (χ0n) is 12.1. The van der Waals surface area contributed by atoms with E-state index >= 15 is 0 Å². The lowest BCUT2D eigenvalue weighted by Crippen LogP contribution is -2.22. The highest BCUT2D eigenvalue weighted by atomic mass is 19.1. The Balaban J connectivity index is 2.61. The molecule has 0 amide bonds. The van der Waals surface area contributed by atoms with Crippen LogP contribution in [0, 0.1) is 5.82 Å². The monoisotopic (exact) mass is 293 g/mol. The number of esters is 1. The molecular weight excluding hydrogens is 277 g/mol. The van der Waals surface area contributed by atoms with E-state index in [4.69, 9.17) is 9.47 Å². The van der Waals surface area contributed by atoms with Gasteiger partial charge in [0.15, 0.2) is 0 Å². The second-order valence-corrected chi connectivity index (χ2v) is 4.72. The van der Waals surface area contributed by atoms with E-state index in [1.807, 2.05) is 0 Å². The first-order valence-corrected chi connectivity index (χ1v) is 6.63. The highest BCUT2D eigenvalue weighted by Gasteiger charge is 2.23. The van der Waals surface area contributed by atoms with Crippen molar-refractivity contribution in [1.82, 2.24) is 4.57 Å². The third-order valence-corrected chi connectivity index (χ3v) is 2.77.